The van der Waals surface area contributed by atoms with Gasteiger partial charge in [0.15, 0.2) is 5.89 Å². The third kappa shape index (κ3) is 1.65. The van der Waals surface area contributed by atoms with Crippen LogP contribution in [0.25, 0.3) is 0 Å². The lowest BCUT2D eigenvalue weighted by Crippen LogP contribution is -2.23. The molecule has 0 bridgehead atoms. The fraction of sp³-hybridized carbons (Fsp3) is 0.625. The Hall–Kier alpha value is -0.870. The molecule has 0 radical (unpaired) electrons. The number of nitrogens with zero attached hydrogens (tertiary/aromatic N) is 1. The van der Waals surface area contributed by atoms with Crippen LogP contribution in [-0.2, 0) is 0 Å². The predicted octanol–water partition coefficient (Wildman–Crippen LogP) is 0.672. The third-order valence-corrected chi connectivity index (χ3v) is 1.76. The summed E-state index contributed by atoms with van der Waals surface area (Å²) in [6, 6.07) is -0.480. The van der Waals surface area contributed by atoms with Crippen molar-refractivity contribution in [1.82, 2.24) is 4.98 Å². The minimum atomic E-state index is -0.615. The molecule has 4 nitrogen and oxygen atoms in total. The fourth-order valence-corrected chi connectivity index (χ4v) is 1.08. The van der Waals surface area contributed by atoms with Gasteiger partial charge in [-0.2, -0.15) is 0 Å². The van der Waals surface area contributed by atoms with Crippen molar-refractivity contribution in [1.29, 1.82) is 0 Å². The molecule has 3 N–H and O–H groups in total. The molecule has 0 spiro atoms. The monoisotopic (exact) mass is 170 g/mol. The van der Waals surface area contributed by atoms with Crippen molar-refractivity contribution in [3.8, 4) is 0 Å². The molecule has 0 saturated carbocycles. The number of oxazole rings is 1. The Bertz CT molecular complexity index is 268. The predicted molar refractivity (Wildman–Crippen MR) is 44.6 cm³/mol. The van der Waals surface area contributed by atoms with E-state index >= 15 is 0 Å². The average Bonchev–Trinajstić information content (AvgIpc) is 2.28. The van der Waals surface area contributed by atoms with Gasteiger partial charge in [-0.1, -0.05) is 0 Å². The van der Waals surface area contributed by atoms with Gasteiger partial charge >= 0.3 is 0 Å². The van der Waals surface area contributed by atoms with Crippen LogP contribution in [0.3, 0.4) is 0 Å². The Kier molecular flexibility index (Phi) is 2.49. The maximum absolute atomic E-state index is 9.20. The minimum absolute atomic E-state index is 0.480. The molecule has 1 rings (SSSR count). The molecular weight excluding hydrogens is 156 g/mol. The smallest absolute Gasteiger partial charge is 0.191 e. The van der Waals surface area contributed by atoms with E-state index in [0.717, 1.165) is 5.69 Å². The minimum Gasteiger partial charge on any atom is -0.444 e. The van der Waals surface area contributed by atoms with E-state index in [4.69, 9.17) is 10.2 Å². The lowest BCUT2D eigenvalue weighted by atomic mass is 10.1. The number of aliphatic hydroxyl groups is 1. The number of hydrogen-bond acceptors (Lipinski definition) is 4. The number of aliphatic hydroxyl groups excluding tert-OH is 1. The van der Waals surface area contributed by atoms with Crippen LogP contribution < -0.4 is 5.73 Å². The van der Waals surface area contributed by atoms with Crippen molar-refractivity contribution in [2.75, 3.05) is 0 Å². The van der Waals surface area contributed by atoms with E-state index in [-0.39, 0.29) is 0 Å². The lowest BCUT2D eigenvalue weighted by molar-refractivity contribution is 0.152. The summed E-state index contributed by atoms with van der Waals surface area (Å²) in [5, 5.41) is 9.20. The molecule has 0 saturated heterocycles. The normalized spacial score (nSPS) is 16.1. The van der Waals surface area contributed by atoms with Gasteiger partial charge in [0.2, 0.25) is 0 Å². The second kappa shape index (κ2) is 3.25. The summed E-state index contributed by atoms with van der Waals surface area (Å²) < 4.78 is 5.24. The molecule has 1 aromatic rings. The number of aryl methyl sites for hydroxylation is 2. The second-order valence-corrected chi connectivity index (χ2v) is 2.95. The van der Waals surface area contributed by atoms with Gasteiger partial charge in [0, 0.05) is 6.92 Å². The van der Waals surface area contributed by atoms with E-state index in [1.165, 1.54) is 0 Å². The first-order chi connectivity index (χ1) is 5.52. The van der Waals surface area contributed by atoms with Crippen LogP contribution in [0.2, 0.25) is 0 Å². The molecule has 0 aromatic carbocycles. The maximum atomic E-state index is 9.20. The molecule has 0 fully saturated rings. The first kappa shape index (κ1) is 9.22. The van der Waals surface area contributed by atoms with Gasteiger partial charge in [0.05, 0.1) is 17.8 Å². The molecule has 1 heterocycles. The van der Waals surface area contributed by atoms with E-state index in [1.807, 2.05) is 6.92 Å². The maximum Gasteiger partial charge on any atom is 0.191 e. The Morgan fingerprint density at radius 1 is 1.50 bits per heavy atom. The van der Waals surface area contributed by atoms with Crippen molar-refractivity contribution < 1.29 is 9.52 Å². The summed E-state index contributed by atoms with van der Waals surface area (Å²) in [7, 11) is 0. The lowest BCUT2D eigenvalue weighted by Gasteiger charge is -2.11. The molecule has 0 aliphatic heterocycles. The zero-order valence-corrected chi connectivity index (χ0v) is 7.53. The van der Waals surface area contributed by atoms with Gasteiger partial charge in [0.1, 0.15) is 5.76 Å². The van der Waals surface area contributed by atoms with Gasteiger partial charge in [0.25, 0.3) is 0 Å². The van der Waals surface area contributed by atoms with E-state index < -0.39 is 12.1 Å². The van der Waals surface area contributed by atoms with E-state index in [1.54, 1.807) is 13.8 Å². The average molecular weight is 170 g/mol. The number of hydrogen-bond donors (Lipinski definition) is 2. The quantitative estimate of drug-likeness (QED) is 0.684. The van der Waals surface area contributed by atoms with Gasteiger partial charge < -0.3 is 15.3 Å². The van der Waals surface area contributed by atoms with Gasteiger partial charge in [-0.3, -0.25) is 0 Å². The van der Waals surface area contributed by atoms with Gasteiger partial charge in [-0.05, 0) is 13.8 Å². The Balaban J connectivity index is 2.94. The highest BCUT2D eigenvalue weighted by Gasteiger charge is 2.19. The number of rotatable bonds is 2. The zero-order valence-electron chi connectivity index (χ0n) is 7.53. The fourth-order valence-electron chi connectivity index (χ4n) is 1.08. The summed E-state index contributed by atoms with van der Waals surface area (Å²) >= 11 is 0. The molecular formula is C8H14N2O2. The van der Waals surface area contributed by atoms with E-state index in [0.29, 0.717) is 11.7 Å². The van der Waals surface area contributed by atoms with Crippen LogP contribution in [0.5, 0.6) is 0 Å². The molecule has 2 unspecified atom stereocenters. The second-order valence-electron chi connectivity index (χ2n) is 2.95. The molecule has 12 heavy (non-hydrogen) atoms. The SMILES string of the molecule is Cc1nc(C)c(C(N)C(C)O)o1. The first-order valence-electron chi connectivity index (χ1n) is 3.90. The number of nitrogens with two attached hydrogens (primary N) is 1. The van der Waals surface area contributed by atoms with Crippen molar-refractivity contribution in [3.05, 3.63) is 17.3 Å². The summed E-state index contributed by atoms with van der Waals surface area (Å²) in [6.45, 7) is 5.20. The van der Waals surface area contributed by atoms with Crippen molar-refractivity contribution >= 4 is 0 Å². The molecule has 2 atom stereocenters. The van der Waals surface area contributed by atoms with E-state index in [2.05, 4.69) is 4.98 Å². The first-order valence-corrected chi connectivity index (χ1v) is 3.90. The Labute approximate surface area is 71.4 Å². The van der Waals surface area contributed by atoms with Crippen LogP contribution in [-0.4, -0.2) is 16.2 Å². The van der Waals surface area contributed by atoms with Gasteiger partial charge in [-0.15, -0.1) is 0 Å². The van der Waals surface area contributed by atoms with Crippen LogP contribution in [0.15, 0.2) is 4.42 Å². The molecule has 0 aliphatic rings. The highest BCUT2D eigenvalue weighted by Crippen LogP contribution is 2.19. The van der Waals surface area contributed by atoms with Gasteiger partial charge in [-0.25, -0.2) is 4.98 Å². The Morgan fingerprint density at radius 3 is 2.42 bits per heavy atom. The van der Waals surface area contributed by atoms with Crippen LogP contribution in [0.4, 0.5) is 0 Å². The summed E-state index contributed by atoms with van der Waals surface area (Å²) in [6.07, 6.45) is -0.615. The zero-order chi connectivity index (χ0) is 9.30. The van der Waals surface area contributed by atoms with Crippen molar-refractivity contribution in [3.63, 3.8) is 0 Å². The highest BCUT2D eigenvalue weighted by molar-refractivity contribution is 5.12. The summed E-state index contributed by atoms with van der Waals surface area (Å²) in [5.74, 6) is 1.15. The molecule has 68 valence electrons. The van der Waals surface area contributed by atoms with Crippen LogP contribution in [0, 0.1) is 13.8 Å². The standard InChI is InChI=1S/C8H14N2O2/c1-4-8(7(9)5(2)11)12-6(3)10-4/h5,7,11H,9H2,1-3H3. The molecule has 0 amide bonds. The topological polar surface area (TPSA) is 72.3 Å². The summed E-state index contributed by atoms with van der Waals surface area (Å²) in [5.41, 5.74) is 6.42. The number of aromatic nitrogens is 1. The van der Waals surface area contributed by atoms with Crippen molar-refractivity contribution in [2.45, 2.75) is 32.9 Å². The van der Waals surface area contributed by atoms with E-state index in [9.17, 15) is 5.11 Å². The van der Waals surface area contributed by atoms with Crippen LogP contribution >= 0.6 is 0 Å². The molecule has 0 aliphatic carbocycles. The third-order valence-electron chi connectivity index (χ3n) is 1.76. The largest absolute Gasteiger partial charge is 0.444 e. The van der Waals surface area contributed by atoms with Crippen molar-refractivity contribution in [2.24, 2.45) is 5.73 Å². The molecule has 4 heteroatoms. The Morgan fingerprint density at radius 2 is 2.08 bits per heavy atom. The van der Waals surface area contributed by atoms with Crippen LogP contribution in [0.1, 0.15) is 30.3 Å². The summed E-state index contributed by atoms with van der Waals surface area (Å²) in [4.78, 5) is 4.06. The highest BCUT2D eigenvalue weighted by atomic mass is 16.4. The molecule has 1 aromatic heterocycles.